The first-order valence-corrected chi connectivity index (χ1v) is 12.1. The van der Waals surface area contributed by atoms with E-state index in [1.165, 1.54) is 0 Å². The average molecular weight is 435 g/mol. The molecular weight excluding hydrogens is 404 g/mol. The van der Waals surface area contributed by atoms with Gasteiger partial charge < -0.3 is 14.5 Å². The number of sulfonamides is 1. The van der Waals surface area contributed by atoms with Crippen LogP contribution in [-0.2, 0) is 14.8 Å². The monoisotopic (exact) mass is 434 g/mol. The van der Waals surface area contributed by atoms with E-state index in [0.717, 1.165) is 25.9 Å². The molecule has 1 N–H and O–H groups in total. The van der Waals surface area contributed by atoms with E-state index in [-0.39, 0.29) is 22.7 Å². The van der Waals surface area contributed by atoms with Gasteiger partial charge >= 0.3 is 0 Å². The SMILES string of the molecule is Cc1c(C(=O)NC[C@@H]2CCCO2)oc2ccc(S(=O)(=O)N3C[C@@H](C)C[C@H](C)C3)cc12. The van der Waals surface area contributed by atoms with Crippen LogP contribution in [-0.4, -0.2) is 51.0 Å². The molecule has 0 spiro atoms. The molecule has 2 aromatic rings. The second-order valence-electron chi connectivity index (χ2n) is 8.83. The van der Waals surface area contributed by atoms with Crippen molar-refractivity contribution in [1.82, 2.24) is 9.62 Å². The van der Waals surface area contributed by atoms with Crippen LogP contribution in [0.2, 0.25) is 0 Å². The van der Waals surface area contributed by atoms with Gasteiger partial charge in [-0.2, -0.15) is 4.31 Å². The summed E-state index contributed by atoms with van der Waals surface area (Å²) in [6.07, 6.45) is 3.03. The Labute approximate surface area is 177 Å². The number of carbonyl (C=O) groups is 1. The molecular formula is C22H30N2O5S. The molecule has 0 aliphatic carbocycles. The van der Waals surface area contributed by atoms with E-state index in [2.05, 4.69) is 19.2 Å². The van der Waals surface area contributed by atoms with Gasteiger partial charge in [0.2, 0.25) is 10.0 Å². The van der Waals surface area contributed by atoms with Crippen molar-refractivity contribution < 1.29 is 22.4 Å². The smallest absolute Gasteiger partial charge is 0.287 e. The minimum absolute atomic E-state index is 0.0460. The summed E-state index contributed by atoms with van der Waals surface area (Å²) in [5.41, 5.74) is 1.15. The molecule has 7 nitrogen and oxygen atoms in total. The van der Waals surface area contributed by atoms with Crippen LogP contribution < -0.4 is 5.32 Å². The first-order chi connectivity index (χ1) is 14.3. The van der Waals surface area contributed by atoms with E-state index in [1.807, 2.05) is 0 Å². The number of furan rings is 1. The summed E-state index contributed by atoms with van der Waals surface area (Å²) in [7, 11) is -3.59. The van der Waals surface area contributed by atoms with Crippen LogP contribution in [0.15, 0.2) is 27.5 Å². The van der Waals surface area contributed by atoms with E-state index in [0.29, 0.717) is 48.0 Å². The molecule has 8 heteroatoms. The molecule has 1 amide bonds. The van der Waals surface area contributed by atoms with Crippen molar-refractivity contribution in [3.63, 3.8) is 0 Å². The molecule has 2 fully saturated rings. The van der Waals surface area contributed by atoms with Crippen LogP contribution in [0.3, 0.4) is 0 Å². The van der Waals surface area contributed by atoms with Gasteiger partial charge in [0.1, 0.15) is 5.58 Å². The third-order valence-electron chi connectivity index (χ3n) is 6.10. The van der Waals surface area contributed by atoms with Crippen molar-refractivity contribution in [2.75, 3.05) is 26.2 Å². The fourth-order valence-electron chi connectivity index (χ4n) is 4.62. The Hall–Kier alpha value is -1.90. The third kappa shape index (κ3) is 4.13. The van der Waals surface area contributed by atoms with Gasteiger partial charge in [-0.3, -0.25) is 4.79 Å². The van der Waals surface area contributed by atoms with Crippen molar-refractivity contribution in [2.24, 2.45) is 11.8 Å². The number of aryl methyl sites for hydroxylation is 1. The van der Waals surface area contributed by atoms with Gasteiger partial charge in [-0.1, -0.05) is 13.8 Å². The molecule has 30 heavy (non-hydrogen) atoms. The number of fused-ring (bicyclic) bond motifs is 1. The number of nitrogens with one attached hydrogen (secondary N) is 1. The van der Waals surface area contributed by atoms with Crippen LogP contribution in [0.5, 0.6) is 0 Å². The molecule has 3 atom stereocenters. The highest BCUT2D eigenvalue weighted by molar-refractivity contribution is 7.89. The molecule has 0 bridgehead atoms. The lowest BCUT2D eigenvalue weighted by atomic mass is 9.94. The van der Waals surface area contributed by atoms with E-state index in [4.69, 9.17) is 9.15 Å². The largest absolute Gasteiger partial charge is 0.451 e. The molecule has 1 aromatic carbocycles. The van der Waals surface area contributed by atoms with Crippen LogP contribution >= 0.6 is 0 Å². The fraction of sp³-hybridized carbons (Fsp3) is 0.591. The van der Waals surface area contributed by atoms with Crippen molar-refractivity contribution in [1.29, 1.82) is 0 Å². The van der Waals surface area contributed by atoms with Gasteiger partial charge in [0.05, 0.1) is 11.0 Å². The Kier molecular flexibility index (Phi) is 5.92. The van der Waals surface area contributed by atoms with Crippen LogP contribution in [0.1, 0.15) is 49.2 Å². The molecule has 0 saturated carbocycles. The van der Waals surface area contributed by atoms with Gasteiger partial charge in [-0.15, -0.1) is 0 Å². The summed E-state index contributed by atoms with van der Waals surface area (Å²) in [5.74, 6) is 0.587. The highest BCUT2D eigenvalue weighted by Crippen LogP contribution is 2.31. The lowest BCUT2D eigenvalue weighted by molar-refractivity contribution is 0.0836. The summed E-state index contributed by atoms with van der Waals surface area (Å²) in [5, 5.41) is 3.51. The second-order valence-corrected chi connectivity index (χ2v) is 10.8. The summed E-state index contributed by atoms with van der Waals surface area (Å²) < 4.78 is 39.3. The predicted octanol–water partition coefficient (Wildman–Crippen LogP) is 3.32. The number of hydrogen-bond donors (Lipinski definition) is 1. The fourth-order valence-corrected chi connectivity index (χ4v) is 6.33. The number of piperidine rings is 1. The number of benzene rings is 1. The normalized spacial score (nSPS) is 25.6. The first kappa shape index (κ1) is 21.3. The maximum atomic E-state index is 13.2. The van der Waals surface area contributed by atoms with Crippen molar-refractivity contribution in [3.8, 4) is 0 Å². The van der Waals surface area contributed by atoms with Crippen LogP contribution in [0.4, 0.5) is 0 Å². The topological polar surface area (TPSA) is 88.8 Å². The summed E-state index contributed by atoms with van der Waals surface area (Å²) in [4.78, 5) is 12.8. The standard InChI is InChI=1S/C22H30N2O5S/c1-14-9-15(2)13-24(12-14)30(26,27)18-6-7-20-19(10-18)16(3)21(29-20)22(25)23-11-17-5-4-8-28-17/h6-7,10,14-15,17H,4-5,8-9,11-13H2,1-3H3,(H,23,25)/t14-,15-,17-/m0/s1. The zero-order chi connectivity index (χ0) is 21.5. The Morgan fingerprint density at radius 1 is 1.23 bits per heavy atom. The van der Waals surface area contributed by atoms with Crippen molar-refractivity contribution >= 4 is 26.9 Å². The Morgan fingerprint density at radius 2 is 1.97 bits per heavy atom. The Balaban J connectivity index is 1.58. The van der Waals surface area contributed by atoms with Gasteiger partial charge in [-0.05, 0) is 56.2 Å². The number of nitrogens with zero attached hydrogens (tertiary/aromatic N) is 1. The number of hydrogen-bond acceptors (Lipinski definition) is 5. The average Bonchev–Trinajstić information content (AvgIpc) is 3.33. The van der Waals surface area contributed by atoms with E-state index in [9.17, 15) is 13.2 Å². The zero-order valence-corrected chi connectivity index (χ0v) is 18.6. The molecule has 0 radical (unpaired) electrons. The lowest BCUT2D eigenvalue weighted by Crippen LogP contribution is -2.42. The zero-order valence-electron chi connectivity index (χ0n) is 17.8. The molecule has 0 unspecified atom stereocenters. The Bertz CT molecular complexity index is 1030. The molecule has 2 aliphatic heterocycles. The molecule has 164 valence electrons. The first-order valence-electron chi connectivity index (χ1n) is 10.7. The van der Waals surface area contributed by atoms with Gasteiger partial charge in [0.25, 0.3) is 5.91 Å². The molecule has 2 aliphatic rings. The van der Waals surface area contributed by atoms with Gasteiger partial charge in [-0.25, -0.2) is 8.42 Å². The number of carbonyl (C=O) groups excluding carboxylic acids is 1. The maximum absolute atomic E-state index is 13.2. The number of amides is 1. The molecule has 2 saturated heterocycles. The highest BCUT2D eigenvalue weighted by atomic mass is 32.2. The second kappa shape index (κ2) is 8.32. The molecule has 1 aromatic heterocycles. The van der Waals surface area contributed by atoms with Crippen LogP contribution in [0.25, 0.3) is 11.0 Å². The predicted molar refractivity (Wildman–Crippen MR) is 114 cm³/mol. The van der Waals surface area contributed by atoms with Crippen molar-refractivity contribution in [3.05, 3.63) is 29.5 Å². The summed E-state index contributed by atoms with van der Waals surface area (Å²) in [6, 6.07) is 4.84. The Morgan fingerprint density at radius 3 is 2.63 bits per heavy atom. The third-order valence-corrected chi connectivity index (χ3v) is 7.93. The van der Waals surface area contributed by atoms with Gasteiger partial charge in [0.15, 0.2) is 5.76 Å². The molecule has 3 heterocycles. The summed E-state index contributed by atoms with van der Waals surface area (Å²) >= 11 is 0. The minimum Gasteiger partial charge on any atom is -0.451 e. The van der Waals surface area contributed by atoms with E-state index >= 15 is 0 Å². The van der Waals surface area contributed by atoms with Gasteiger partial charge in [0, 0.05) is 37.2 Å². The quantitative estimate of drug-likeness (QED) is 0.780. The highest BCUT2D eigenvalue weighted by Gasteiger charge is 2.32. The number of rotatable bonds is 5. The van der Waals surface area contributed by atoms with Crippen molar-refractivity contribution in [2.45, 2.75) is 51.0 Å². The lowest BCUT2D eigenvalue weighted by Gasteiger charge is -2.34. The van der Waals surface area contributed by atoms with Crippen LogP contribution in [0, 0.1) is 18.8 Å². The number of ether oxygens (including phenoxy) is 1. The van der Waals surface area contributed by atoms with E-state index in [1.54, 1.807) is 29.4 Å². The minimum atomic E-state index is -3.59. The summed E-state index contributed by atoms with van der Waals surface area (Å²) in [6.45, 7) is 8.20. The van der Waals surface area contributed by atoms with E-state index < -0.39 is 10.0 Å². The maximum Gasteiger partial charge on any atom is 0.287 e. The molecule has 4 rings (SSSR count).